The molecule has 0 aliphatic rings. The molecule has 1 amide bonds. The van der Waals surface area contributed by atoms with Crippen molar-refractivity contribution in [1.82, 2.24) is 15.1 Å². The van der Waals surface area contributed by atoms with Gasteiger partial charge in [0.15, 0.2) is 0 Å². The van der Waals surface area contributed by atoms with E-state index in [0.29, 0.717) is 5.75 Å². The number of carbonyl (C=O) groups excluding carboxylic acids is 1. The number of carbonyl (C=O) groups is 2. The average Bonchev–Trinajstić information content (AvgIpc) is 2.94. The van der Waals surface area contributed by atoms with Crippen molar-refractivity contribution in [3.63, 3.8) is 0 Å². The Morgan fingerprint density at radius 2 is 2.18 bits per heavy atom. The number of hydrogen-bond donors (Lipinski definition) is 2. The minimum Gasteiger partial charge on any atom is -0.497 e. The number of carboxylic acids is 1. The second-order valence-electron chi connectivity index (χ2n) is 4.74. The summed E-state index contributed by atoms with van der Waals surface area (Å²) >= 11 is 0. The van der Waals surface area contributed by atoms with Crippen LogP contribution in [0.25, 0.3) is 0 Å². The van der Waals surface area contributed by atoms with Crippen molar-refractivity contribution < 1.29 is 19.4 Å². The summed E-state index contributed by atoms with van der Waals surface area (Å²) in [7, 11) is 1.58. The first-order valence-electron chi connectivity index (χ1n) is 6.69. The molecule has 0 bridgehead atoms. The first kappa shape index (κ1) is 15.6. The summed E-state index contributed by atoms with van der Waals surface area (Å²) in [6.45, 7) is 1.48. The Morgan fingerprint density at radius 1 is 1.41 bits per heavy atom. The monoisotopic (exact) mass is 303 g/mol. The molecule has 1 heterocycles. The fourth-order valence-electron chi connectivity index (χ4n) is 2.04. The summed E-state index contributed by atoms with van der Waals surface area (Å²) in [5, 5.41) is 15.5. The number of aromatic nitrogens is 2. The summed E-state index contributed by atoms with van der Waals surface area (Å²) < 4.78 is 6.30. The Balaban J connectivity index is 2.11. The molecule has 2 N–H and O–H groups in total. The van der Waals surface area contributed by atoms with Gasteiger partial charge in [-0.1, -0.05) is 12.1 Å². The number of benzene rings is 1. The quantitative estimate of drug-likeness (QED) is 0.843. The van der Waals surface area contributed by atoms with Crippen LogP contribution in [0.3, 0.4) is 0 Å². The van der Waals surface area contributed by atoms with E-state index in [1.54, 1.807) is 7.11 Å². The van der Waals surface area contributed by atoms with Crippen molar-refractivity contribution in [2.45, 2.75) is 19.5 Å². The van der Waals surface area contributed by atoms with E-state index < -0.39 is 5.97 Å². The fourth-order valence-corrected chi connectivity index (χ4v) is 2.04. The van der Waals surface area contributed by atoms with Crippen LogP contribution in [-0.2, 0) is 11.3 Å². The van der Waals surface area contributed by atoms with Gasteiger partial charge in [-0.05, 0) is 30.7 Å². The van der Waals surface area contributed by atoms with Crippen molar-refractivity contribution in [1.29, 1.82) is 0 Å². The first-order valence-corrected chi connectivity index (χ1v) is 6.69. The third kappa shape index (κ3) is 3.63. The van der Waals surface area contributed by atoms with Gasteiger partial charge < -0.3 is 15.2 Å². The van der Waals surface area contributed by atoms with Crippen molar-refractivity contribution in [2.24, 2.45) is 0 Å². The van der Waals surface area contributed by atoms with Crippen molar-refractivity contribution >= 4 is 11.9 Å². The van der Waals surface area contributed by atoms with Crippen molar-refractivity contribution in [2.75, 3.05) is 7.11 Å². The third-order valence-corrected chi connectivity index (χ3v) is 3.18. The number of aliphatic carboxylic acids is 1. The van der Waals surface area contributed by atoms with Crippen molar-refractivity contribution in [3.05, 3.63) is 47.8 Å². The van der Waals surface area contributed by atoms with Crippen LogP contribution in [-0.4, -0.2) is 33.9 Å². The smallest absolute Gasteiger partial charge is 0.325 e. The van der Waals surface area contributed by atoms with Crippen LogP contribution >= 0.6 is 0 Å². The molecule has 0 aliphatic heterocycles. The number of ether oxygens (including phenoxy) is 1. The summed E-state index contributed by atoms with van der Waals surface area (Å²) in [6, 6.07) is 8.60. The Labute approximate surface area is 127 Å². The lowest BCUT2D eigenvalue weighted by molar-refractivity contribution is -0.137. The Hall–Kier alpha value is -2.83. The van der Waals surface area contributed by atoms with Gasteiger partial charge in [-0.2, -0.15) is 5.10 Å². The summed E-state index contributed by atoms with van der Waals surface area (Å²) in [5.41, 5.74) is 1.09. The molecule has 1 aromatic heterocycles. The van der Waals surface area contributed by atoms with E-state index in [9.17, 15) is 9.59 Å². The molecule has 7 nitrogen and oxygen atoms in total. The first-order chi connectivity index (χ1) is 10.5. The van der Waals surface area contributed by atoms with Gasteiger partial charge in [-0.15, -0.1) is 0 Å². The number of rotatable bonds is 6. The zero-order valence-corrected chi connectivity index (χ0v) is 12.3. The van der Waals surface area contributed by atoms with E-state index in [-0.39, 0.29) is 24.2 Å². The van der Waals surface area contributed by atoms with Gasteiger partial charge in [0.2, 0.25) is 0 Å². The van der Waals surface area contributed by atoms with Gasteiger partial charge in [0.1, 0.15) is 18.0 Å². The predicted molar refractivity (Wildman–Crippen MR) is 78.7 cm³/mol. The molecule has 0 radical (unpaired) electrons. The lowest BCUT2D eigenvalue weighted by atomic mass is 10.1. The van der Waals surface area contributed by atoms with Gasteiger partial charge in [-0.3, -0.25) is 9.59 Å². The zero-order valence-electron chi connectivity index (χ0n) is 12.3. The van der Waals surface area contributed by atoms with Crippen LogP contribution in [0.15, 0.2) is 36.5 Å². The Bertz CT molecular complexity index is 681. The number of hydrogen-bond acceptors (Lipinski definition) is 4. The van der Waals surface area contributed by atoms with Gasteiger partial charge in [0.05, 0.1) is 13.2 Å². The summed E-state index contributed by atoms with van der Waals surface area (Å²) in [4.78, 5) is 23.0. The number of nitrogens with zero attached hydrogens (tertiary/aromatic N) is 2. The highest BCUT2D eigenvalue weighted by Gasteiger charge is 2.17. The molecule has 0 spiro atoms. The Kier molecular flexibility index (Phi) is 4.77. The standard InChI is InChI=1S/C15H17N3O4/c1-10(11-4-3-5-12(8-11)22-2)17-15(21)13-6-7-16-18(13)9-14(19)20/h3-8,10H,9H2,1-2H3,(H,17,21)(H,19,20). The Morgan fingerprint density at radius 3 is 2.86 bits per heavy atom. The van der Waals surface area contributed by atoms with Crippen LogP contribution in [0.2, 0.25) is 0 Å². The van der Waals surface area contributed by atoms with Gasteiger partial charge >= 0.3 is 5.97 Å². The fraction of sp³-hybridized carbons (Fsp3) is 0.267. The molecule has 1 unspecified atom stereocenters. The summed E-state index contributed by atoms with van der Waals surface area (Å²) in [6.07, 6.45) is 1.40. The molecule has 0 saturated carbocycles. The van der Waals surface area contributed by atoms with Crippen LogP contribution in [0.4, 0.5) is 0 Å². The van der Waals surface area contributed by atoms with Gasteiger partial charge in [0.25, 0.3) is 5.91 Å². The normalized spacial score (nSPS) is 11.7. The molecule has 2 aromatic rings. The molecule has 1 aromatic carbocycles. The maximum Gasteiger partial charge on any atom is 0.325 e. The second kappa shape index (κ2) is 6.75. The lowest BCUT2D eigenvalue weighted by Crippen LogP contribution is -2.29. The molecule has 22 heavy (non-hydrogen) atoms. The molecule has 0 aliphatic carbocycles. The van der Waals surface area contributed by atoms with E-state index in [4.69, 9.17) is 9.84 Å². The maximum atomic E-state index is 12.3. The van der Waals surface area contributed by atoms with Crippen molar-refractivity contribution in [3.8, 4) is 5.75 Å². The summed E-state index contributed by atoms with van der Waals surface area (Å²) in [5.74, 6) is -0.734. The van der Waals surface area contributed by atoms with Gasteiger partial charge in [0, 0.05) is 6.20 Å². The van der Waals surface area contributed by atoms with E-state index in [1.165, 1.54) is 12.3 Å². The molecule has 0 fully saturated rings. The molecule has 7 heteroatoms. The number of nitrogens with one attached hydrogen (secondary N) is 1. The number of amides is 1. The second-order valence-corrected chi connectivity index (χ2v) is 4.74. The molecular formula is C15H17N3O4. The highest BCUT2D eigenvalue weighted by atomic mass is 16.5. The highest BCUT2D eigenvalue weighted by molar-refractivity contribution is 5.93. The van der Waals surface area contributed by atoms with E-state index in [0.717, 1.165) is 10.2 Å². The van der Waals surface area contributed by atoms with E-state index in [2.05, 4.69) is 10.4 Å². The van der Waals surface area contributed by atoms with Crippen LogP contribution in [0.1, 0.15) is 29.0 Å². The predicted octanol–water partition coefficient (Wildman–Crippen LogP) is 1.47. The average molecular weight is 303 g/mol. The minimum atomic E-state index is -1.06. The maximum absolute atomic E-state index is 12.3. The lowest BCUT2D eigenvalue weighted by Gasteiger charge is -2.15. The van der Waals surface area contributed by atoms with Gasteiger partial charge in [-0.25, -0.2) is 4.68 Å². The van der Waals surface area contributed by atoms with E-state index in [1.807, 2.05) is 31.2 Å². The number of carboxylic acid groups (broad SMARTS) is 1. The molecule has 0 saturated heterocycles. The van der Waals surface area contributed by atoms with Crippen LogP contribution in [0.5, 0.6) is 5.75 Å². The molecule has 2 rings (SSSR count). The molecular weight excluding hydrogens is 286 g/mol. The van der Waals surface area contributed by atoms with E-state index >= 15 is 0 Å². The van der Waals surface area contributed by atoms with Crippen LogP contribution < -0.4 is 10.1 Å². The number of methoxy groups -OCH3 is 1. The third-order valence-electron chi connectivity index (χ3n) is 3.18. The topological polar surface area (TPSA) is 93.5 Å². The minimum absolute atomic E-state index is 0.206. The SMILES string of the molecule is COc1cccc(C(C)NC(=O)c2ccnn2CC(=O)O)c1. The zero-order chi connectivity index (χ0) is 16.1. The molecule has 116 valence electrons. The van der Waals surface area contributed by atoms with Crippen LogP contribution in [0, 0.1) is 0 Å². The molecule has 1 atom stereocenters. The highest BCUT2D eigenvalue weighted by Crippen LogP contribution is 2.19. The largest absolute Gasteiger partial charge is 0.497 e.